The third kappa shape index (κ3) is 2.91. The van der Waals surface area contributed by atoms with Crippen molar-refractivity contribution in [2.45, 2.75) is 31.9 Å². The topological polar surface area (TPSA) is 21.3 Å². The monoisotopic (exact) mass is 289 g/mol. The first-order valence-electron chi connectivity index (χ1n) is 6.51. The zero-order valence-electron chi connectivity index (χ0n) is 11.1. The van der Waals surface area contributed by atoms with Crippen molar-refractivity contribution in [3.8, 4) is 0 Å². The van der Waals surface area contributed by atoms with Crippen molar-refractivity contribution in [3.05, 3.63) is 34.4 Å². The van der Waals surface area contributed by atoms with Gasteiger partial charge in [-0.15, -0.1) is 0 Å². The van der Waals surface area contributed by atoms with Gasteiger partial charge >= 0.3 is 0 Å². The van der Waals surface area contributed by atoms with Gasteiger partial charge in [0.1, 0.15) is 0 Å². The Morgan fingerprint density at radius 2 is 2.11 bits per heavy atom. The minimum atomic E-state index is -0.918. The second-order valence-electron chi connectivity index (χ2n) is 4.82. The van der Waals surface area contributed by atoms with E-state index in [2.05, 4.69) is 12.2 Å². The Kier molecular flexibility index (Phi) is 4.76. The molecular weight excluding hydrogens is 272 g/mol. The van der Waals surface area contributed by atoms with Gasteiger partial charge in [0.2, 0.25) is 0 Å². The van der Waals surface area contributed by atoms with Crippen LogP contribution >= 0.6 is 11.6 Å². The minimum Gasteiger partial charge on any atom is -0.378 e. The maximum atomic E-state index is 13.4. The molecule has 1 saturated heterocycles. The molecule has 3 unspecified atom stereocenters. The fourth-order valence-electron chi connectivity index (χ4n) is 2.84. The van der Waals surface area contributed by atoms with E-state index in [1.165, 1.54) is 6.07 Å². The van der Waals surface area contributed by atoms with Crippen LogP contribution in [0.5, 0.6) is 0 Å². The fourth-order valence-corrected chi connectivity index (χ4v) is 3.11. The molecule has 1 heterocycles. The Bertz CT molecular complexity index is 455. The molecule has 1 fully saturated rings. The molecule has 19 heavy (non-hydrogen) atoms. The number of halogens is 3. The van der Waals surface area contributed by atoms with Crippen LogP contribution in [-0.4, -0.2) is 19.8 Å². The van der Waals surface area contributed by atoms with Crippen LogP contribution in [0.3, 0.4) is 0 Å². The highest BCUT2D eigenvalue weighted by molar-refractivity contribution is 6.31. The maximum Gasteiger partial charge on any atom is 0.160 e. The van der Waals surface area contributed by atoms with Gasteiger partial charge in [-0.1, -0.05) is 18.5 Å². The van der Waals surface area contributed by atoms with Crippen LogP contribution in [-0.2, 0) is 4.74 Å². The molecule has 106 valence electrons. The van der Waals surface area contributed by atoms with Gasteiger partial charge < -0.3 is 10.1 Å². The zero-order chi connectivity index (χ0) is 14.0. The third-order valence-corrected chi connectivity index (χ3v) is 4.10. The van der Waals surface area contributed by atoms with Gasteiger partial charge in [0.15, 0.2) is 11.6 Å². The van der Waals surface area contributed by atoms with Gasteiger partial charge in [-0.2, -0.15) is 0 Å². The molecule has 0 aromatic heterocycles. The van der Waals surface area contributed by atoms with Gasteiger partial charge in [-0.05, 0) is 37.6 Å². The molecule has 0 amide bonds. The van der Waals surface area contributed by atoms with Gasteiger partial charge in [0, 0.05) is 23.6 Å². The first-order chi connectivity index (χ1) is 9.08. The van der Waals surface area contributed by atoms with Crippen molar-refractivity contribution in [1.82, 2.24) is 5.32 Å². The normalized spacial score (nSPS) is 24.7. The number of hydrogen-bond donors (Lipinski definition) is 1. The summed E-state index contributed by atoms with van der Waals surface area (Å²) in [4.78, 5) is 0. The lowest BCUT2D eigenvalue weighted by atomic mass is 9.86. The second-order valence-corrected chi connectivity index (χ2v) is 5.23. The van der Waals surface area contributed by atoms with E-state index in [1.807, 2.05) is 0 Å². The van der Waals surface area contributed by atoms with Gasteiger partial charge in [-0.3, -0.25) is 0 Å². The van der Waals surface area contributed by atoms with Crippen LogP contribution in [0.2, 0.25) is 5.02 Å². The molecule has 1 N–H and O–H groups in total. The summed E-state index contributed by atoms with van der Waals surface area (Å²) in [6.07, 6.45) is 1.91. The molecular formula is C14H18ClF2NO. The van der Waals surface area contributed by atoms with Crippen LogP contribution in [0, 0.1) is 17.6 Å². The molecule has 0 radical (unpaired) electrons. The Morgan fingerprint density at radius 1 is 1.42 bits per heavy atom. The Labute approximate surface area is 117 Å². The maximum absolute atomic E-state index is 13.4. The zero-order valence-corrected chi connectivity index (χ0v) is 11.8. The lowest BCUT2D eigenvalue weighted by Crippen LogP contribution is -2.31. The van der Waals surface area contributed by atoms with Crippen molar-refractivity contribution in [2.75, 3.05) is 13.7 Å². The van der Waals surface area contributed by atoms with E-state index in [0.717, 1.165) is 18.9 Å². The van der Waals surface area contributed by atoms with E-state index in [9.17, 15) is 8.78 Å². The summed E-state index contributed by atoms with van der Waals surface area (Å²) in [7, 11) is 1.80. The number of rotatable bonds is 4. The average molecular weight is 290 g/mol. The van der Waals surface area contributed by atoms with Crippen molar-refractivity contribution < 1.29 is 13.5 Å². The lowest BCUT2D eigenvalue weighted by Gasteiger charge is -2.28. The summed E-state index contributed by atoms with van der Waals surface area (Å²) < 4.78 is 32.2. The number of benzene rings is 1. The number of ether oxygens (including phenoxy) is 1. The quantitative estimate of drug-likeness (QED) is 0.854. The highest BCUT2D eigenvalue weighted by atomic mass is 35.5. The van der Waals surface area contributed by atoms with Gasteiger partial charge in [0.25, 0.3) is 0 Å². The first kappa shape index (κ1) is 14.7. The molecule has 0 saturated carbocycles. The largest absolute Gasteiger partial charge is 0.378 e. The summed E-state index contributed by atoms with van der Waals surface area (Å²) >= 11 is 6.06. The molecule has 0 bridgehead atoms. The van der Waals surface area contributed by atoms with E-state index in [4.69, 9.17) is 16.3 Å². The summed E-state index contributed by atoms with van der Waals surface area (Å²) in [5.41, 5.74) is 0.594. The van der Waals surface area contributed by atoms with Crippen LogP contribution < -0.4 is 5.32 Å². The molecule has 1 aliphatic heterocycles. The summed E-state index contributed by atoms with van der Waals surface area (Å²) in [6, 6.07) is 2.09. The molecule has 5 heteroatoms. The Balaban J connectivity index is 2.34. The predicted molar refractivity (Wildman–Crippen MR) is 71.3 cm³/mol. The average Bonchev–Trinajstić information content (AvgIpc) is 2.84. The van der Waals surface area contributed by atoms with Gasteiger partial charge in [-0.25, -0.2) is 8.78 Å². The first-order valence-corrected chi connectivity index (χ1v) is 6.89. The van der Waals surface area contributed by atoms with E-state index in [1.54, 1.807) is 7.05 Å². The fraction of sp³-hybridized carbons (Fsp3) is 0.571. The molecule has 1 aliphatic rings. The molecule has 3 atom stereocenters. The molecule has 2 rings (SSSR count). The summed E-state index contributed by atoms with van der Waals surface area (Å²) in [6.45, 7) is 2.76. The van der Waals surface area contributed by atoms with Crippen LogP contribution in [0.25, 0.3) is 0 Å². The van der Waals surface area contributed by atoms with Crippen molar-refractivity contribution in [2.24, 2.45) is 5.92 Å². The smallest absolute Gasteiger partial charge is 0.160 e. The SMILES string of the molecule is CCC1OCCC1C(NC)c1cc(F)c(F)cc1Cl. The van der Waals surface area contributed by atoms with Crippen molar-refractivity contribution in [1.29, 1.82) is 0 Å². The minimum absolute atomic E-state index is 0.127. The molecule has 0 aliphatic carbocycles. The van der Waals surface area contributed by atoms with Crippen LogP contribution in [0.1, 0.15) is 31.4 Å². The van der Waals surface area contributed by atoms with E-state index in [0.29, 0.717) is 12.2 Å². The molecule has 1 aromatic carbocycles. The molecule has 1 aromatic rings. The summed E-state index contributed by atoms with van der Waals surface area (Å²) in [5.74, 6) is -1.57. The molecule has 2 nitrogen and oxygen atoms in total. The lowest BCUT2D eigenvalue weighted by molar-refractivity contribution is 0.0782. The number of hydrogen-bond acceptors (Lipinski definition) is 2. The van der Waals surface area contributed by atoms with E-state index in [-0.39, 0.29) is 23.1 Å². The number of nitrogens with one attached hydrogen (secondary N) is 1. The van der Waals surface area contributed by atoms with Crippen molar-refractivity contribution >= 4 is 11.6 Å². The van der Waals surface area contributed by atoms with E-state index < -0.39 is 11.6 Å². The van der Waals surface area contributed by atoms with Crippen LogP contribution in [0.4, 0.5) is 8.78 Å². The highest BCUT2D eigenvalue weighted by Gasteiger charge is 2.35. The third-order valence-electron chi connectivity index (χ3n) is 3.78. The van der Waals surface area contributed by atoms with E-state index >= 15 is 0 Å². The predicted octanol–water partition coefficient (Wildman–Crippen LogP) is 3.69. The van der Waals surface area contributed by atoms with Crippen molar-refractivity contribution in [3.63, 3.8) is 0 Å². The van der Waals surface area contributed by atoms with Gasteiger partial charge in [0.05, 0.1) is 6.10 Å². The Hall–Kier alpha value is -0.710. The second kappa shape index (κ2) is 6.16. The highest BCUT2D eigenvalue weighted by Crippen LogP contribution is 2.37. The Morgan fingerprint density at radius 3 is 2.74 bits per heavy atom. The molecule has 0 spiro atoms. The summed E-state index contributed by atoms with van der Waals surface area (Å²) in [5, 5.41) is 3.41. The standard InChI is InChI=1S/C14H18ClF2NO/c1-3-13-8(4-5-19-13)14(18-2)9-6-11(16)12(17)7-10(9)15/h6-8,13-14,18H,3-5H2,1-2H3. The van der Waals surface area contributed by atoms with Crippen LogP contribution in [0.15, 0.2) is 12.1 Å².